The van der Waals surface area contributed by atoms with Gasteiger partial charge < -0.3 is 9.47 Å². The number of halogens is 1. The number of sulfone groups is 1. The molecule has 12 heteroatoms. The lowest BCUT2D eigenvalue weighted by Crippen LogP contribution is -2.28. The van der Waals surface area contributed by atoms with Crippen LogP contribution in [0.25, 0.3) is 16.9 Å². The molecule has 2 heterocycles. The first-order valence-electron chi connectivity index (χ1n) is 9.94. The molecule has 0 bridgehead atoms. The van der Waals surface area contributed by atoms with Crippen molar-refractivity contribution in [2.75, 3.05) is 24.7 Å². The molecule has 0 unspecified atom stereocenters. The number of benzene rings is 1. The number of methoxy groups -OCH3 is 1. The quantitative estimate of drug-likeness (QED) is 0.529. The van der Waals surface area contributed by atoms with E-state index < -0.39 is 30.4 Å². The van der Waals surface area contributed by atoms with Crippen LogP contribution >= 0.6 is 0 Å². The van der Waals surface area contributed by atoms with Gasteiger partial charge in [-0.05, 0) is 39.8 Å². The van der Waals surface area contributed by atoms with E-state index in [1.165, 1.54) is 42.1 Å². The number of nitrogens with zero attached hydrogens (tertiary/aromatic N) is 2. The molecule has 0 saturated carbocycles. The predicted octanol–water partition coefficient (Wildman–Crippen LogP) is 3.49. The molecule has 0 aliphatic heterocycles. The van der Waals surface area contributed by atoms with Gasteiger partial charge in [0, 0.05) is 17.8 Å². The van der Waals surface area contributed by atoms with Crippen molar-refractivity contribution in [1.29, 1.82) is 0 Å². The largest absolute Gasteiger partial charge is 0.495 e. The van der Waals surface area contributed by atoms with Crippen molar-refractivity contribution in [2.24, 2.45) is 0 Å². The number of hydrogen-bond acceptors (Lipinski definition) is 7. The third-order valence-corrected chi connectivity index (χ3v) is 7.90. The molecule has 0 amide bonds. The molecule has 0 fully saturated rings. The average Bonchev–Trinajstić information content (AvgIpc) is 3.10. The monoisotopic (exact) mass is 499 g/mol. The molecule has 0 aliphatic rings. The van der Waals surface area contributed by atoms with Crippen molar-refractivity contribution in [3.8, 4) is 22.8 Å². The van der Waals surface area contributed by atoms with Gasteiger partial charge in [-0.2, -0.15) is 0 Å². The molecule has 1 aromatic carbocycles. The maximum Gasteiger partial charge on any atom is 0.229 e. The van der Waals surface area contributed by atoms with Crippen LogP contribution < -0.4 is 14.2 Å². The summed E-state index contributed by atoms with van der Waals surface area (Å²) < 4.78 is 78.1. The summed E-state index contributed by atoms with van der Waals surface area (Å²) in [5.74, 6) is -0.892. The smallest absolute Gasteiger partial charge is 0.229 e. The van der Waals surface area contributed by atoms with Gasteiger partial charge in [-0.3, -0.25) is 9.12 Å². The Labute approximate surface area is 192 Å². The Balaban J connectivity index is 2.30. The maximum absolute atomic E-state index is 14.9. The van der Waals surface area contributed by atoms with Gasteiger partial charge in [-0.25, -0.2) is 26.2 Å². The van der Waals surface area contributed by atoms with Crippen molar-refractivity contribution in [3.05, 3.63) is 36.4 Å². The third kappa shape index (κ3) is 4.76. The highest BCUT2D eigenvalue weighted by atomic mass is 32.2. The molecule has 180 valence electrons. The maximum atomic E-state index is 14.9. The second-order valence-electron chi connectivity index (χ2n) is 8.34. The summed E-state index contributed by atoms with van der Waals surface area (Å²) in [4.78, 5) is 4.23. The zero-order chi connectivity index (χ0) is 24.8. The minimum Gasteiger partial charge on any atom is -0.495 e. The van der Waals surface area contributed by atoms with Gasteiger partial charge >= 0.3 is 0 Å². The molecular formula is C21H26FN3O6S2. The fraction of sp³-hybridized carbons (Fsp3) is 0.381. The lowest BCUT2D eigenvalue weighted by atomic mass is 10.1. The van der Waals surface area contributed by atoms with Gasteiger partial charge in [0.1, 0.15) is 16.3 Å². The van der Waals surface area contributed by atoms with E-state index in [4.69, 9.17) is 9.47 Å². The normalized spacial score (nSPS) is 12.7. The summed E-state index contributed by atoms with van der Waals surface area (Å²) in [5.41, 5.74) is 0.886. The molecule has 0 saturated heterocycles. The Morgan fingerprint density at radius 2 is 1.82 bits per heavy atom. The molecule has 1 N–H and O–H groups in total. The number of hydrogen-bond donors (Lipinski definition) is 1. The average molecular weight is 500 g/mol. The molecule has 0 radical (unpaired) electrons. The number of imidazole rings is 1. The van der Waals surface area contributed by atoms with Crippen LogP contribution in [0.3, 0.4) is 0 Å². The summed E-state index contributed by atoms with van der Waals surface area (Å²) in [6, 6.07) is 4.05. The summed E-state index contributed by atoms with van der Waals surface area (Å²) in [7, 11) is -6.17. The fourth-order valence-electron chi connectivity index (χ4n) is 3.20. The first kappa shape index (κ1) is 24.8. The van der Waals surface area contributed by atoms with Gasteiger partial charge in [0.2, 0.25) is 10.0 Å². The van der Waals surface area contributed by atoms with Gasteiger partial charge in [0.05, 0.1) is 42.3 Å². The first-order chi connectivity index (χ1) is 15.2. The molecule has 2 aromatic heterocycles. The van der Waals surface area contributed by atoms with Crippen LogP contribution in [0, 0.1) is 5.82 Å². The van der Waals surface area contributed by atoms with Gasteiger partial charge in [0.15, 0.2) is 21.4 Å². The van der Waals surface area contributed by atoms with Crippen molar-refractivity contribution < 1.29 is 30.7 Å². The van der Waals surface area contributed by atoms with Crippen LogP contribution in [0.5, 0.6) is 11.5 Å². The van der Waals surface area contributed by atoms with E-state index in [1.807, 2.05) is 0 Å². The van der Waals surface area contributed by atoms with Crippen LogP contribution in [0.1, 0.15) is 27.7 Å². The molecule has 0 aliphatic carbocycles. The van der Waals surface area contributed by atoms with E-state index in [0.717, 1.165) is 6.26 Å². The minimum atomic E-state index is -3.80. The predicted molar refractivity (Wildman–Crippen MR) is 124 cm³/mol. The summed E-state index contributed by atoms with van der Waals surface area (Å²) in [6.45, 7) is 6.49. The van der Waals surface area contributed by atoms with Crippen LogP contribution in [-0.2, 0) is 19.9 Å². The number of nitrogens with one attached hydrogen (secondary N) is 1. The van der Waals surface area contributed by atoms with E-state index in [0.29, 0.717) is 11.3 Å². The second kappa shape index (κ2) is 8.49. The Morgan fingerprint density at radius 1 is 1.15 bits per heavy atom. The van der Waals surface area contributed by atoms with Crippen LogP contribution in [-0.4, -0.2) is 50.9 Å². The van der Waals surface area contributed by atoms with Crippen LogP contribution in [0.15, 0.2) is 35.5 Å². The van der Waals surface area contributed by atoms with Crippen molar-refractivity contribution in [2.45, 2.75) is 37.3 Å². The topological polar surface area (TPSA) is 116 Å². The molecule has 0 atom stereocenters. The Bertz CT molecular complexity index is 1420. The minimum absolute atomic E-state index is 0.0508. The number of rotatable bonds is 7. The first-order valence-corrected chi connectivity index (χ1v) is 13.3. The van der Waals surface area contributed by atoms with Crippen LogP contribution in [0.2, 0.25) is 0 Å². The Kier molecular flexibility index (Phi) is 6.37. The van der Waals surface area contributed by atoms with E-state index in [-0.39, 0.29) is 34.3 Å². The van der Waals surface area contributed by atoms with Crippen molar-refractivity contribution in [1.82, 2.24) is 9.38 Å². The SMILES string of the molecule is CCOc1c(F)cc(-c2cnc3cc(OC)c(S(=O)(=O)C(C)(C)C)cn23)cc1NS(C)(=O)=O. The lowest BCUT2D eigenvalue weighted by molar-refractivity contribution is 0.323. The van der Waals surface area contributed by atoms with E-state index in [1.54, 1.807) is 27.7 Å². The Morgan fingerprint density at radius 3 is 2.36 bits per heavy atom. The third-order valence-electron chi connectivity index (χ3n) is 4.81. The summed E-state index contributed by atoms with van der Waals surface area (Å²) in [6.07, 6.45) is 3.74. The highest BCUT2D eigenvalue weighted by Gasteiger charge is 2.34. The Hall–Kier alpha value is -2.86. The summed E-state index contributed by atoms with van der Waals surface area (Å²) >= 11 is 0. The van der Waals surface area contributed by atoms with Crippen LogP contribution in [0.4, 0.5) is 10.1 Å². The van der Waals surface area contributed by atoms with Crippen molar-refractivity contribution >= 4 is 31.2 Å². The molecule has 9 nitrogen and oxygen atoms in total. The number of anilines is 1. The van der Waals surface area contributed by atoms with Gasteiger partial charge in [-0.15, -0.1) is 0 Å². The fourth-order valence-corrected chi connectivity index (χ4v) is 5.06. The molecule has 3 aromatic rings. The highest BCUT2D eigenvalue weighted by Crippen LogP contribution is 2.37. The van der Waals surface area contributed by atoms with E-state index in [2.05, 4.69) is 9.71 Å². The highest BCUT2D eigenvalue weighted by molar-refractivity contribution is 7.93. The second-order valence-corrected chi connectivity index (χ2v) is 12.8. The van der Waals surface area contributed by atoms with Crippen molar-refractivity contribution in [3.63, 3.8) is 0 Å². The number of pyridine rings is 1. The molecular weight excluding hydrogens is 473 g/mol. The summed E-state index contributed by atoms with van der Waals surface area (Å²) in [5, 5.41) is 0. The number of aromatic nitrogens is 2. The zero-order valence-corrected chi connectivity index (χ0v) is 20.8. The van der Waals surface area contributed by atoms with E-state index in [9.17, 15) is 21.2 Å². The number of ether oxygens (including phenoxy) is 2. The van der Waals surface area contributed by atoms with Gasteiger partial charge in [-0.1, -0.05) is 0 Å². The zero-order valence-electron chi connectivity index (χ0n) is 19.1. The lowest BCUT2D eigenvalue weighted by Gasteiger charge is -2.21. The number of fused-ring (bicyclic) bond motifs is 1. The molecule has 0 spiro atoms. The molecule has 33 heavy (non-hydrogen) atoms. The number of sulfonamides is 1. The van der Waals surface area contributed by atoms with E-state index >= 15 is 0 Å². The molecule has 3 rings (SSSR count). The standard InChI is InChI=1S/C21H26FN3O6S2/c1-7-31-20-14(22)8-13(9-15(20)24-32(6,26)27)16-11-23-19-10-17(30-5)18(12-25(16)19)33(28,29)21(2,3)4/h8-12,24H,7H2,1-6H3. The van der Waals surface area contributed by atoms with Gasteiger partial charge in [0.25, 0.3) is 0 Å².